The molecule has 1 amide bonds. The van der Waals surface area contributed by atoms with Crippen LogP contribution in [-0.4, -0.2) is 24.0 Å². The minimum atomic E-state index is -1.02. The summed E-state index contributed by atoms with van der Waals surface area (Å²) in [5.74, 6) is -1.35. The third-order valence-corrected chi connectivity index (χ3v) is 3.72. The molecular weight excluding hydrogens is 322 g/mol. The lowest BCUT2D eigenvalue weighted by Gasteiger charge is -2.16. The second kappa shape index (κ2) is 6.96. The molecule has 126 valence electrons. The average Bonchev–Trinajstić information content (AvgIpc) is 2.66. The monoisotopic (exact) mass is 337 g/mol. The molecular formula is C18H15N3O4. The van der Waals surface area contributed by atoms with Crippen molar-refractivity contribution in [1.82, 2.24) is 10.3 Å². The molecule has 0 bridgehead atoms. The molecule has 1 atom stereocenters. The Hall–Kier alpha value is -3.48. The Morgan fingerprint density at radius 3 is 2.52 bits per heavy atom. The molecule has 1 N–H and O–H groups in total. The summed E-state index contributed by atoms with van der Waals surface area (Å²) in [6.45, 7) is 0. The van der Waals surface area contributed by atoms with E-state index in [0.29, 0.717) is 15.8 Å². The summed E-state index contributed by atoms with van der Waals surface area (Å²) in [6.07, 6.45) is 1.18. The molecule has 7 nitrogen and oxygen atoms in total. The van der Waals surface area contributed by atoms with E-state index in [-0.39, 0.29) is 11.2 Å². The third-order valence-electron chi connectivity index (χ3n) is 3.72. The second-order valence-corrected chi connectivity index (χ2v) is 5.27. The Kier molecular flexibility index (Phi) is 4.56. The number of nitrogens with one attached hydrogen (secondary N) is 1. The van der Waals surface area contributed by atoms with Crippen molar-refractivity contribution in [3.05, 3.63) is 77.3 Å². The van der Waals surface area contributed by atoms with Crippen LogP contribution in [0.15, 0.2) is 60.8 Å². The Balaban J connectivity index is 1.94. The number of carbonyl (C=O) groups is 2. The Morgan fingerprint density at radius 2 is 1.80 bits per heavy atom. The number of benzene rings is 2. The van der Waals surface area contributed by atoms with Gasteiger partial charge in [0.2, 0.25) is 5.52 Å². The van der Waals surface area contributed by atoms with Crippen LogP contribution in [0.2, 0.25) is 0 Å². The van der Waals surface area contributed by atoms with E-state index in [1.54, 1.807) is 54.6 Å². The highest BCUT2D eigenvalue weighted by atomic mass is 16.5. The number of methoxy groups -OCH3 is 1. The smallest absolute Gasteiger partial charge is 0.333 e. The zero-order chi connectivity index (χ0) is 17.8. The van der Waals surface area contributed by atoms with Gasteiger partial charge in [-0.3, -0.25) is 4.79 Å². The van der Waals surface area contributed by atoms with Crippen molar-refractivity contribution in [2.24, 2.45) is 0 Å². The number of hydrogen-bond donors (Lipinski definition) is 1. The maximum absolute atomic E-state index is 12.5. The first-order chi connectivity index (χ1) is 12.1. The molecule has 0 fully saturated rings. The van der Waals surface area contributed by atoms with E-state index in [2.05, 4.69) is 10.3 Å². The number of para-hydroxylation sites is 2. The summed E-state index contributed by atoms with van der Waals surface area (Å²) < 4.78 is 5.25. The maximum Gasteiger partial charge on any atom is 0.333 e. The lowest BCUT2D eigenvalue weighted by atomic mass is 10.1. The zero-order valence-electron chi connectivity index (χ0n) is 13.4. The van der Waals surface area contributed by atoms with Crippen LogP contribution < -0.4 is 10.0 Å². The van der Waals surface area contributed by atoms with E-state index in [0.717, 1.165) is 0 Å². The van der Waals surface area contributed by atoms with Crippen LogP contribution in [0.4, 0.5) is 0 Å². The fourth-order valence-electron chi connectivity index (χ4n) is 2.46. The van der Waals surface area contributed by atoms with Gasteiger partial charge in [0.1, 0.15) is 11.7 Å². The molecule has 0 saturated heterocycles. The molecule has 0 spiro atoms. The van der Waals surface area contributed by atoms with Gasteiger partial charge >= 0.3 is 17.6 Å². The van der Waals surface area contributed by atoms with Crippen LogP contribution in [-0.2, 0) is 9.53 Å². The van der Waals surface area contributed by atoms with Gasteiger partial charge in [0, 0.05) is 6.07 Å². The van der Waals surface area contributed by atoms with Crippen molar-refractivity contribution in [2.75, 3.05) is 7.11 Å². The minimum absolute atomic E-state index is 0.205. The molecule has 0 radical (unpaired) electrons. The van der Waals surface area contributed by atoms with Crippen molar-refractivity contribution in [3.63, 3.8) is 0 Å². The normalized spacial score (nSPS) is 11.7. The number of aromatic nitrogens is 2. The Morgan fingerprint density at radius 1 is 1.12 bits per heavy atom. The fourth-order valence-corrected chi connectivity index (χ4v) is 2.46. The number of hydrogen-bond acceptors (Lipinski definition) is 5. The van der Waals surface area contributed by atoms with E-state index in [1.165, 1.54) is 13.3 Å². The molecule has 3 aromatic rings. The van der Waals surface area contributed by atoms with Gasteiger partial charge in [-0.1, -0.05) is 42.5 Å². The summed E-state index contributed by atoms with van der Waals surface area (Å²) in [5, 5.41) is 15.0. The Bertz CT molecular complexity index is 928. The predicted molar refractivity (Wildman–Crippen MR) is 89.4 cm³/mol. The number of esters is 1. The number of rotatable bonds is 4. The van der Waals surface area contributed by atoms with Crippen LogP contribution >= 0.6 is 0 Å². The van der Waals surface area contributed by atoms with Crippen LogP contribution in [0, 0.1) is 5.21 Å². The first kappa shape index (κ1) is 16.4. The molecule has 7 heteroatoms. The molecule has 0 aliphatic heterocycles. The minimum Gasteiger partial charge on any atom is -0.618 e. The first-order valence-electron chi connectivity index (χ1n) is 7.52. The van der Waals surface area contributed by atoms with Crippen LogP contribution in [0.5, 0.6) is 0 Å². The first-order valence-corrected chi connectivity index (χ1v) is 7.52. The topological polar surface area (TPSA) is 95.2 Å². The van der Waals surface area contributed by atoms with Gasteiger partial charge in [-0.25, -0.2) is 9.78 Å². The van der Waals surface area contributed by atoms with Gasteiger partial charge in [-0.15, -0.1) is 0 Å². The predicted octanol–water partition coefficient (Wildman–Crippen LogP) is 1.51. The van der Waals surface area contributed by atoms with Crippen molar-refractivity contribution < 1.29 is 19.1 Å². The Labute approximate surface area is 143 Å². The summed E-state index contributed by atoms with van der Waals surface area (Å²) >= 11 is 0. The highest BCUT2D eigenvalue weighted by Crippen LogP contribution is 2.15. The van der Waals surface area contributed by atoms with Crippen molar-refractivity contribution in [3.8, 4) is 0 Å². The number of fused-ring (bicyclic) bond motifs is 1. The molecule has 0 aliphatic carbocycles. The molecule has 0 saturated carbocycles. The molecule has 1 aromatic heterocycles. The highest BCUT2D eigenvalue weighted by molar-refractivity contribution is 5.95. The molecule has 0 aliphatic rings. The SMILES string of the molecule is COC(=O)C(NC(=O)c1cnc2ccccc2[n+]1[O-])c1ccccc1. The van der Waals surface area contributed by atoms with Crippen molar-refractivity contribution in [2.45, 2.75) is 6.04 Å². The van der Waals surface area contributed by atoms with E-state index in [4.69, 9.17) is 4.74 Å². The van der Waals surface area contributed by atoms with E-state index in [1.807, 2.05) is 0 Å². The second-order valence-electron chi connectivity index (χ2n) is 5.27. The number of carbonyl (C=O) groups excluding carboxylic acids is 2. The molecule has 25 heavy (non-hydrogen) atoms. The van der Waals surface area contributed by atoms with Crippen LogP contribution in [0.1, 0.15) is 22.1 Å². The fraction of sp³-hybridized carbons (Fsp3) is 0.111. The van der Waals surface area contributed by atoms with Crippen LogP contribution in [0.25, 0.3) is 11.0 Å². The van der Waals surface area contributed by atoms with Gasteiger partial charge in [0.25, 0.3) is 0 Å². The number of ether oxygens (including phenoxy) is 1. The molecule has 2 aromatic carbocycles. The van der Waals surface area contributed by atoms with Gasteiger partial charge in [0.05, 0.1) is 7.11 Å². The van der Waals surface area contributed by atoms with Crippen molar-refractivity contribution >= 4 is 22.9 Å². The summed E-state index contributed by atoms with van der Waals surface area (Å²) in [4.78, 5) is 28.7. The van der Waals surface area contributed by atoms with Gasteiger partial charge in [-0.05, 0) is 11.6 Å². The molecule has 1 unspecified atom stereocenters. The van der Waals surface area contributed by atoms with Gasteiger partial charge in [-0.2, -0.15) is 4.73 Å². The maximum atomic E-state index is 12.5. The standard InChI is InChI=1S/C18H15N3O4/c1-25-18(23)16(12-7-3-2-4-8-12)20-17(22)15-11-19-13-9-5-6-10-14(13)21(15)24/h2-11,16H,1H3,(H,20,22). The average molecular weight is 337 g/mol. The lowest BCUT2D eigenvalue weighted by Crippen LogP contribution is -2.43. The highest BCUT2D eigenvalue weighted by Gasteiger charge is 2.28. The van der Waals surface area contributed by atoms with E-state index >= 15 is 0 Å². The van der Waals surface area contributed by atoms with E-state index < -0.39 is 17.9 Å². The summed E-state index contributed by atoms with van der Waals surface area (Å²) in [7, 11) is 1.23. The van der Waals surface area contributed by atoms with Gasteiger partial charge < -0.3 is 15.3 Å². The van der Waals surface area contributed by atoms with Crippen LogP contribution in [0.3, 0.4) is 0 Å². The molecule has 3 rings (SSSR count). The van der Waals surface area contributed by atoms with E-state index in [9.17, 15) is 14.8 Å². The van der Waals surface area contributed by atoms with Gasteiger partial charge in [0.15, 0.2) is 6.04 Å². The summed E-state index contributed by atoms with van der Waals surface area (Å²) in [6, 6.07) is 14.3. The van der Waals surface area contributed by atoms with Crippen molar-refractivity contribution in [1.29, 1.82) is 0 Å². The number of amides is 1. The quantitative estimate of drug-likeness (QED) is 0.442. The number of nitrogens with zero attached hydrogens (tertiary/aromatic N) is 2. The largest absolute Gasteiger partial charge is 0.618 e. The lowest BCUT2D eigenvalue weighted by molar-refractivity contribution is -0.580. The third kappa shape index (κ3) is 3.25. The zero-order valence-corrected chi connectivity index (χ0v) is 13.4. The molecule has 1 heterocycles. The summed E-state index contributed by atoms with van der Waals surface area (Å²) in [5.41, 5.74) is 1.09.